The first-order valence-corrected chi connectivity index (χ1v) is 11.6. The number of carbonyl (C=O) groups is 1. The summed E-state index contributed by atoms with van der Waals surface area (Å²) in [6.07, 6.45) is 0.917. The van der Waals surface area contributed by atoms with Gasteiger partial charge in [-0.15, -0.1) is 15.7 Å². The lowest BCUT2D eigenvalue weighted by Gasteiger charge is -2.10. The molecule has 0 amide bonds. The molecule has 0 radical (unpaired) electrons. The van der Waals surface area contributed by atoms with Crippen LogP contribution in [-0.4, -0.2) is 30.3 Å². The Hall–Kier alpha value is -2.40. The molecule has 0 spiro atoms. The topological polar surface area (TPSA) is 109 Å². The van der Waals surface area contributed by atoms with Crippen LogP contribution in [0.4, 0.5) is 5.69 Å². The zero-order valence-corrected chi connectivity index (χ0v) is 17.9. The average Bonchev–Trinajstić information content (AvgIpc) is 3.07. The Balaban J connectivity index is 1.85. The molecule has 2 heterocycles. The summed E-state index contributed by atoms with van der Waals surface area (Å²) in [6.45, 7) is 1.69. The molecule has 148 valence electrons. The number of carboxylic acids is 1. The summed E-state index contributed by atoms with van der Waals surface area (Å²) in [7, 11) is -4.08. The third kappa shape index (κ3) is 4.01. The van der Waals surface area contributed by atoms with Gasteiger partial charge in [-0.05, 0) is 42.8 Å². The summed E-state index contributed by atoms with van der Waals surface area (Å²) >= 11 is 8.57. The maximum atomic E-state index is 12.9. The second-order valence-corrected chi connectivity index (χ2v) is 10.0. The average molecular weight is 466 g/mol. The standard InChI is InChI=1S/C18H12ClN3O4S3/c1-9-4-16-14(6-11(9)19)28-15(7-17(23)24)18(22-29(16,25)26)21-10-2-3-12-13(5-10)27-8-20-12/h2-8H,1H3,(H,21,22)(H,23,24)/b15-7+. The van der Waals surface area contributed by atoms with Crippen LogP contribution in [0.15, 0.2) is 61.0 Å². The van der Waals surface area contributed by atoms with Crippen LogP contribution in [0.5, 0.6) is 0 Å². The number of sulfonamides is 1. The van der Waals surface area contributed by atoms with Crippen LogP contribution in [0.2, 0.25) is 5.02 Å². The van der Waals surface area contributed by atoms with Gasteiger partial charge in [-0.3, -0.25) is 0 Å². The number of amidine groups is 1. The van der Waals surface area contributed by atoms with Crippen molar-refractivity contribution >= 4 is 72.4 Å². The minimum absolute atomic E-state index is 0.0182. The van der Waals surface area contributed by atoms with Crippen LogP contribution in [0.1, 0.15) is 5.56 Å². The molecule has 0 aliphatic carbocycles. The molecule has 2 N–H and O–H groups in total. The van der Waals surface area contributed by atoms with E-state index in [1.54, 1.807) is 30.6 Å². The quantitative estimate of drug-likeness (QED) is 0.535. The van der Waals surface area contributed by atoms with Crippen molar-refractivity contribution < 1.29 is 18.3 Å². The number of aromatic nitrogens is 1. The SMILES string of the molecule is Cc1cc2c(cc1Cl)S/C(=C/C(=O)O)C(Nc1ccc3ncsc3c1)=NS2(=O)=O. The third-order valence-electron chi connectivity index (χ3n) is 4.02. The predicted molar refractivity (Wildman–Crippen MR) is 116 cm³/mol. The molecule has 1 aromatic heterocycles. The van der Waals surface area contributed by atoms with E-state index in [0.717, 1.165) is 28.1 Å². The van der Waals surface area contributed by atoms with Crippen molar-refractivity contribution in [2.45, 2.75) is 16.7 Å². The molecule has 0 saturated carbocycles. The molecule has 1 aliphatic rings. The van der Waals surface area contributed by atoms with E-state index >= 15 is 0 Å². The zero-order valence-electron chi connectivity index (χ0n) is 14.7. The van der Waals surface area contributed by atoms with Gasteiger partial charge in [-0.25, -0.2) is 9.78 Å². The number of hydrogen-bond acceptors (Lipinski definition) is 7. The summed E-state index contributed by atoms with van der Waals surface area (Å²) in [6, 6.07) is 8.25. The van der Waals surface area contributed by atoms with E-state index in [1.165, 1.54) is 23.5 Å². The Morgan fingerprint density at radius 1 is 1.28 bits per heavy atom. The number of thioether (sulfide) groups is 1. The van der Waals surface area contributed by atoms with Crippen LogP contribution in [0.25, 0.3) is 10.2 Å². The van der Waals surface area contributed by atoms with Crippen molar-refractivity contribution in [3.8, 4) is 0 Å². The number of benzene rings is 2. The van der Waals surface area contributed by atoms with E-state index in [1.807, 2.05) is 0 Å². The number of nitrogens with zero attached hydrogens (tertiary/aromatic N) is 2. The fourth-order valence-corrected chi connectivity index (χ4v) is 6.15. The number of nitrogens with one attached hydrogen (secondary N) is 1. The van der Waals surface area contributed by atoms with E-state index in [2.05, 4.69) is 14.7 Å². The number of thiazole rings is 1. The molecule has 4 rings (SSSR count). The normalized spacial score (nSPS) is 16.9. The second kappa shape index (κ2) is 7.45. The molecular weight excluding hydrogens is 454 g/mol. The molecular formula is C18H12ClN3O4S3. The molecule has 3 aromatic rings. The highest BCUT2D eigenvalue weighted by atomic mass is 35.5. The van der Waals surface area contributed by atoms with Gasteiger partial charge >= 0.3 is 5.97 Å². The number of hydrogen-bond donors (Lipinski definition) is 2. The highest BCUT2D eigenvalue weighted by Crippen LogP contribution is 2.40. The minimum atomic E-state index is -4.08. The van der Waals surface area contributed by atoms with E-state index in [9.17, 15) is 18.3 Å². The molecule has 0 atom stereocenters. The summed E-state index contributed by atoms with van der Waals surface area (Å²) in [5, 5.41) is 12.6. The van der Waals surface area contributed by atoms with Gasteiger partial charge in [-0.1, -0.05) is 23.4 Å². The summed E-state index contributed by atoms with van der Waals surface area (Å²) in [4.78, 5) is 16.0. The number of fused-ring (bicyclic) bond motifs is 2. The van der Waals surface area contributed by atoms with Crippen molar-refractivity contribution in [3.05, 3.63) is 57.4 Å². The molecule has 0 fully saturated rings. The fourth-order valence-electron chi connectivity index (χ4n) is 2.66. The van der Waals surface area contributed by atoms with Gasteiger partial charge in [0.1, 0.15) is 4.90 Å². The van der Waals surface area contributed by atoms with E-state index < -0.39 is 16.0 Å². The third-order valence-corrected chi connectivity index (χ3v) is 7.75. The molecule has 2 aromatic carbocycles. The first-order valence-electron chi connectivity index (χ1n) is 8.11. The van der Waals surface area contributed by atoms with Crippen molar-refractivity contribution in [2.24, 2.45) is 4.40 Å². The van der Waals surface area contributed by atoms with Gasteiger partial charge in [0.05, 0.1) is 20.6 Å². The molecule has 7 nitrogen and oxygen atoms in total. The zero-order chi connectivity index (χ0) is 20.8. The lowest BCUT2D eigenvalue weighted by atomic mass is 10.2. The number of carboxylic acid groups (broad SMARTS) is 1. The molecule has 0 saturated heterocycles. The molecule has 0 bridgehead atoms. The molecule has 11 heteroatoms. The van der Waals surface area contributed by atoms with Crippen molar-refractivity contribution in [2.75, 3.05) is 5.32 Å². The van der Waals surface area contributed by atoms with Crippen molar-refractivity contribution in [1.29, 1.82) is 0 Å². The predicted octanol–water partition coefficient (Wildman–Crippen LogP) is 4.53. The van der Waals surface area contributed by atoms with Gasteiger partial charge in [0.15, 0.2) is 5.84 Å². The summed E-state index contributed by atoms with van der Waals surface area (Å²) in [5.74, 6) is -1.30. The van der Waals surface area contributed by atoms with E-state index in [4.69, 9.17) is 11.6 Å². The Bertz CT molecular complexity index is 1330. The lowest BCUT2D eigenvalue weighted by molar-refractivity contribution is -0.131. The van der Waals surface area contributed by atoms with Crippen LogP contribution >= 0.6 is 34.7 Å². The summed E-state index contributed by atoms with van der Waals surface area (Å²) in [5.41, 5.74) is 3.66. The van der Waals surface area contributed by atoms with Gasteiger partial charge in [0.25, 0.3) is 10.0 Å². The van der Waals surface area contributed by atoms with Crippen LogP contribution in [-0.2, 0) is 14.8 Å². The van der Waals surface area contributed by atoms with Gasteiger partial charge in [0.2, 0.25) is 0 Å². The number of anilines is 1. The van der Waals surface area contributed by atoms with Crippen molar-refractivity contribution in [1.82, 2.24) is 4.98 Å². The highest BCUT2D eigenvalue weighted by Gasteiger charge is 2.28. The largest absolute Gasteiger partial charge is 0.478 e. The maximum Gasteiger partial charge on any atom is 0.329 e. The first-order chi connectivity index (χ1) is 13.7. The van der Waals surface area contributed by atoms with Gasteiger partial charge in [-0.2, -0.15) is 8.42 Å². The lowest BCUT2D eigenvalue weighted by Crippen LogP contribution is -2.15. The minimum Gasteiger partial charge on any atom is -0.478 e. The number of aliphatic carboxylic acids is 1. The van der Waals surface area contributed by atoms with Crippen molar-refractivity contribution in [3.63, 3.8) is 0 Å². The van der Waals surface area contributed by atoms with Gasteiger partial charge < -0.3 is 10.4 Å². The van der Waals surface area contributed by atoms with Crippen LogP contribution < -0.4 is 5.32 Å². The second-order valence-electron chi connectivity index (χ2n) is 6.07. The summed E-state index contributed by atoms with van der Waals surface area (Å²) < 4.78 is 30.6. The first kappa shape index (κ1) is 19.9. The molecule has 0 unspecified atom stereocenters. The molecule has 1 aliphatic heterocycles. The number of rotatable bonds is 2. The smallest absolute Gasteiger partial charge is 0.329 e. The Labute approximate surface area is 179 Å². The van der Waals surface area contributed by atoms with E-state index in [0.29, 0.717) is 21.2 Å². The highest BCUT2D eigenvalue weighted by molar-refractivity contribution is 8.05. The number of halogens is 1. The Morgan fingerprint density at radius 3 is 2.83 bits per heavy atom. The fraction of sp³-hybridized carbons (Fsp3) is 0.0556. The van der Waals surface area contributed by atoms with E-state index in [-0.39, 0.29) is 15.6 Å². The maximum absolute atomic E-state index is 12.9. The Morgan fingerprint density at radius 2 is 2.07 bits per heavy atom. The number of aryl methyl sites for hydroxylation is 1. The monoisotopic (exact) mass is 465 g/mol. The van der Waals surface area contributed by atoms with Gasteiger partial charge in [0, 0.05) is 21.7 Å². The van der Waals surface area contributed by atoms with Crippen LogP contribution in [0.3, 0.4) is 0 Å². The molecule has 29 heavy (non-hydrogen) atoms. The van der Waals surface area contributed by atoms with Crippen LogP contribution in [0, 0.1) is 6.92 Å². The Kier molecular flexibility index (Phi) is 5.11.